The SMILES string of the molecule is CC(C)(C)OC(=O)N1CC(NC2(C#N)CCCCC2)C1. The molecule has 1 N–H and O–H groups in total. The van der Waals surface area contributed by atoms with E-state index in [1.54, 1.807) is 4.90 Å². The number of likely N-dealkylation sites (tertiary alicyclic amines) is 1. The number of amides is 1. The highest BCUT2D eigenvalue weighted by molar-refractivity contribution is 5.69. The first-order valence-electron chi connectivity index (χ1n) is 7.50. The number of carbonyl (C=O) groups is 1. The smallest absolute Gasteiger partial charge is 0.410 e. The van der Waals surface area contributed by atoms with Crippen molar-refractivity contribution in [1.29, 1.82) is 5.26 Å². The van der Waals surface area contributed by atoms with Gasteiger partial charge in [0.05, 0.1) is 6.07 Å². The van der Waals surface area contributed by atoms with Crippen LogP contribution in [0.5, 0.6) is 0 Å². The van der Waals surface area contributed by atoms with Crippen LogP contribution < -0.4 is 5.32 Å². The molecule has 2 rings (SSSR count). The summed E-state index contributed by atoms with van der Waals surface area (Å²) in [4.78, 5) is 13.5. The van der Waals surface area contributed by atoms with Crippen molar-refractivity contribution >= 4 is 6.09 Å². The summed E-state index contributed by atoms with van der Waals surface area (Å²) >= 11 is 0. The molecule has 0 bridgehead atoms. The molecule has 0 aromatic rings. The van der Waals surface area contributed by atoms with Crippen molar-refractivity contribution in [3.8, 4) is 6.07 Å². The van der Waals surface area contributed by atoms with E-state index in [0.29, 0.717) is 13.1 Å². The molecular formula is C15H25N3O2. The number of hydrogen-bond acceptors (Lipinski definition) is 4. The Balaban J connectivity index is 1.79. The molecule has 20 heavy (non-hydrogen) atoms. The number of nitrogens with zero attached hydrogens (tertiary/aromatic N) is 2. The molecule has 1 amide bonds. The third-order valence-electron chi connectivity index (χ3n) is 3.93. The van der Waals surface area contributed by atoms with Crippen LogP contribution in [0.25, 0.3) is 0 Å². The van der Waals surface area contributed by atoms with E-state index in [4.69, 9.17) is 4.74 Å². The lowest BCUT2D eigenvalue weighted by Crippen LogP contribution is -2.65. The minimum Gasteiger partial charge on any atom is -0.444 e. The number of carbonyl (C=O) groups excluding carboxylic acids is 1. The summed E-state index contributed by atoms with van der Waals surface area (Å²) in [6, 6.07) is 2.68. The Morgan fingerprint density at radius 3 is 2.40 bits per heavy atom. The van der Waals surface area contributed by atoms with Gasteiger partial charge in [-0.3, -0.25) is 5.32 Å². The maximum Gasteiger partial charge on any atom is 0.410 e. The van der Waals surface area contributed by atoms with Gasteiger partial charge in [-0.15, -0.1) is 0 Å². The molecule has 0 aromatic heterocycles. The molecule has 1 aliphatic carbocycles. The van der Waals surface area contributed by atoms with Gasteiger partial charge in [-0.25, -0.2) is 4.79 Å². The molecule has 1 saturated carbocycles. The normalized spacial score (nSPS) is 22.8. The van der Waals surface area contributed by atoms with Crippen molar-refractivity contribution in [2.45, 2.75) is 70.1 Å². The van der Waals surface area contributed by atoms with Crippen molar-refractivity contribution in [1.82, 2.24) is 10.2 Å². The number of rotatable bonds is 2. The zero-order valence-corrected chi connectivity index (χ0v) is 12.7. The average Bonchev–Trinajstić information content (AvgIpc) is 2.32. The molecule has 2 fully saturated rings. The van der Waals surface area contributed by atoms with Crippen LogP contribution in [0.3, 0.4) is 0 Å². The zero-order valence-electron chi connectivity index (χ0n) is 12.7. The topological polar surface area (TPSA) is 65.4 Å². The Labute approximate surface area is 121 Å². The summed E-state index contributed by atoms with van der Waals surface area (Å²) in [5.74, 6) is 0. The zero-order chi connectivity index (χ0) is 14.8. The maximum absolute atomic E-state index is 11.8. The number of nitriles is 1. The van der Waals surface area contributed by atoms with Crippen LogP contribution in [0.15, 0.2) is 0 Å². The minimum absolute atomic E-state index is 0.222. The van der Waals surface area contributed by atoms with Gasteiger partial charge in [-0.2, -0.15) is 5.26 Å². The van der Waals surface area contributed by atoms with Gasteiger partial charge in [-0.05, 0) is 33.6 Å². The average molecular weight is 279 g/mol. The molecule has 0 spiro atoms. The summed E-state index contributed by atoms with van der Waals surface area (Å²) < 4.78 is 5.33. The molecule has 0 aromatic carbocycles. The van der Waals surface area contributed by atoms with Crippen LogP contribution in [0.1, 0.15) is 52.9 Å². The first-order chi connectivity index (χ1) is 9.34. The fourth-order valence-electron chi connectivity index (χ4n) is 2.88. The lowest BCUT2D eigenvalue weighted by molar-refractivity contribution is 0.00202. The second-order valence-corrected chi connectivity index (χ2v) is 6.98. The molecule has 0 unspecified atom stereocenters. The third-order valence-corrected chi connectivity index (χ3v) is 3.93. The van der Waals surface area contributed by atoms with Gasteiger partial charge in [0, 0.05) is 19.1 Å². The summed E-state index contributed by atoms with van der Waals surface area (Å²) in [6.45, 7) is 6.88. The van der Waals surface area contributed by atoms with Gasteiger partial charge >= 0.3 is 6.09 Å². The molecule has 1 heterocycles. The Bertz CT molecular complexity index is 396. The summed E-state index contributed by atoms with van der Waals surface area (Å²) in [5, 5.41) is 12.9. The van der Waals surface area contributed by atoms with E-state index in [0.717, 1.165) is 25.7 Å². The van der Waals surface area contributed by atoms with Crippen LogP contribution in [-0.4, -0.2) is 41.3 Å². The van der Waals surface area contributed by atoms with Crippen molar-refractivity contribution in [2.75, 3.05) is 13.1 Å². The highest BCUT2D eigenvalue weighted by Gasteiger charge is 2.40. The van der Waals surface area contributed by atoms with E-state index in [9.17, 15) is 10.1 Å². The van der Waals surface area contributed by atoms with Crippen molar-refractivity contribution in [3.63, 3.8) is 0 Å². The second-order valence-electron chi connectivity index (χ2n) is 6.98. The Morgan fingerprint density at radius 2 is 1.90 bits per heavy atom. The van der Waals surface area contributed by atoms with Crippen molar-refractivity contribution < 1.29 is 9.53 Å². The predicted molar refractivity (Wildman–Crippen MR) is 76.2 cm³/mol. The Hall–Kier alpha value is -1.28. The van der Waals surface area contributed by atoms with Gasteiger partial charge in [0.1, 0.15) is 11.1 Å². The van der Waals surface area contributed by atoms with Gasteiger partial charge in [0.2, 0.25) is 0 Å². The Morgan fingerprint density at radius 1 is 1.30 bits per heavy atom. The van der Waals surface area contributed by atoms with Gasteiger partial charge in [0.25, 0.3) is 0 Å². The summed E-state index contributed by atoms with van der Waals surface area (Å²) in [7, 11) is 0. The van der Waals surface area contributed by atoms with E-state index in [-0.39, 0.29) is 17.7 Å². The van der Waals surface area contributed by atoms with E-state index in [2.05, 4.69) is 11.4 Å². The molecule has 5 nitrogen and oxygen atoms in total. The van der Waals surface area contributed by atoms with Crippen LogP contribution in [0.2, 0.25) is 0 Å². The predicted octanol–water partition coefficient (Wildman–Crippen LogP) is 2.42. The maximum atomic E-state index is 11.8. The standard InChI is InChI=1S/C15H25N3O2/c1-14(2,3)20-13(19)18-9-12(10-18)17-15(11-16)7-5-4-6-8-15/h12,17H,4-10H2,1-3H3. The highest BCUT2D eigenvalue weighted by Crippen LogP contribution is 2.29. The molecule has 1 aliphatic heterocycles. The van der Waals surface area contributed by atoms with Gasteiger partial charge in [-0.1, -0.05) is 19.3 Å². The highest BCUT2D eigenvalue weighted by atomic mass is 16.6. The van der Waals surface area contributed by atoms with Gasteiger partial charge in [0.15, 0.2) is 0 Å². The van der Waals surface area contributed by atoms with Crippen LogP contribution in [0.4, 0.5) is 4.79 Å². The van der Waals surface area contributed by atoms with E-state index >= 15 is 0 Å². The lowest BCUT2D eigenvalue weighted by atomic mass is 9.82. The van der Waals surface area contributed by atoms with E-state index < -0.39 is 5.60 Å². The molecule has 0 radical (unpaired) electrons. The van der Waals surface area contributed by atoms with E-state index in [1.165, 1.54) is 6.42 Å². The molecule has 1 saturated heterocycles. The minimum atomic E-state index is -0.452. The summed E-state index contributed by atoms with van der Waals surface area (Å²) in [5.41, 5.74) is -0.824. The quantitative estimate of drug-likeness (QED) is 0.843. The largest absolute Gasteiger partial charge is 0.444 e. The van der Waals surface area contributed by atoms with Crippen molar-refractivity contribution in [3.05, 3.63) is 0 Å². The molecule has 5 heteroatoms. The summed E-state index contributed by atoms with van der Waals surface area (Å²) in [6.07, 6.45) is 5.04. The lowest BCUT2D eigenvalue weighted by Gasteiger charge is -2.44. The molecule has 0 atom stereocenters. The number of ether oxygens (including phenoxy) is 1. The van der Waals surface area contributed by atoms with Crippen LogP contribution >= 0.6 is 0 Å². The third kappa shape index (κ3) is 3.63. The van der Waals surface area contributed by atoms with Gasteiger partial charge < -0.3 is 9.64 Å². The fourth-order valence-corrected chi connectivity index (χ4v) is 2.88. The number of hydrogen-bond donors (Lipinski definition) is 1. The van der Waals surface area contributed by atoms with Crippen molar-refractivity contribution in [2.24, 2.45) is 0 Å². The number of nitrogens with one attached hydrogen (secondary N) is 1. The van der Waals surface area contributed by atoms with Crippen LogP contribution in [0, 0.1) is 11.3 Å². The first kappa shape index (κ1) is 15.1. The monoisotopic (exact) mass is 279 g/mol. The Kier molecular flexibility index (Phi) is 4.24. The van der Waals surface area contributed by atoms with Crippen LogP contribution in [-0.2, 0) is 4.74 Å². The fraction of sp³-hybridized carbons (Fsp3) is 0.867. The molecular weight excluding hydrogens is 254 g/mol. The van der Waals surface area contributed by atoms with E-state index in [1.807, 2.05) is 20.8 Å². The molecule has 2 aliphatic rings. The first-order valence-corrected chi connectivity index (χ1v) is 7.50. The second kappa shape index (κ2) is 5.61. The molecule has 112 valence electrons.